The van der Waals surface area contributed by atoms with Crippen LogP contribution in [-0.4, -0.2) is 37.4 Å². The van der Waals surface area contributed by atoms with E-state index >= 15 is 0 Å². The number of rotatable bonds is 6. The molecular formula is C15H21NO4. The van der Waals surface area contributed by atoms with Crippen molar-refractivity contribution in [3.8, 4) is 11.5 Å². The fourth-order valence-corrected chi connectivity index (χ4v) is 2.03. The number of aliphatic hydroxyl groups is 1. The molecule has 1 aromatic carbocycles. The quantitative estimate of drug-likeness (QED) is 0.776. The van der Waals surface area contributed by atoms with Gasteiger partial charge in [-0.3, -0.25) is 4.79 Å². The van der Waals surface area contributed by atoms with E-state index in [4.69, 9.17) is 14.6 Å². The number of aliphatic hydroxyl groups excluding tert-OH is 1. The SMILES string of the molecule is CC(CO)CCCNC(=O)c1ccc2c(c1)OCCO2. The number of benzene rings is 1. The Morgan fingerprint density at radius 1 is 1.35 bits per heavy atom. The van der Waals surface area contributed by atoms with Crippen molar-refractivity contribution in [1.29, 1.82) is 0 Å². The van der Waals surface area contributed by atoms with Crippen LogP contribution in [0, 0.1) is 5.92 Å². The van der Waals surface area contributed by atoms with E-state index < -0.39 is 0 Å². The molecule has 5 heteroatoms. The lowest BCUT2D eigenvalue weighted by Gasteiger charge is -2.18. The van der Waals surface area contributed by atoms with Gasteiger partial charge in [0, 0.05) is 18.7 Å². The van der Waals surface area contributed by atoms with Gasteiger partial charge in [0.2, 0.25) is 0 Å². The minimum Gasteiger partial charge on any atom is -0.486 e. The second kappa shape index (κ2) is 7.14. The third-order valence-corrected chi connectivity index (χ3v) is 3.28. The minimum atomic E-state index is -0.112. The Morgan fingerprint density at radius 3 is 2.85 bits per heavy atom. The summed E-state index contributed by atoms with van der Waals surface area (Å²) >= 11 is 0. The van der Waals surface area contributed by atoms with Crippen molar-refractivity contribution in [2.24, 2.45) is 5.92 Å². The van der Waals surface area contributed by atoms with Crippen LogP contribution < -0.4 is 14.8 Å². The van der Waals surface area contributed by atoms with E-state index in [1.165, 1.54) is 0 Å². The Labute approximate surface area is 118 Å². The molecule has 0 aromatic heterocycles. The van der Waals surface area contributed by atoms with Gasteiger partial charge < -0.3 is 19.9 Å². The second-order valence-corrected chi connectivity index (χ2v) is 5.04. The Morgan fingerprint density at radius 2 is 2.10 bits per heavy atom. The normalized spacial score (nSPS) is 14.7. The molecule has 0 aliphatic carbocycles. The summed E-state index contributed by atoms with van der Waals surface area (Å²) in [5.41, 5.74) is 0.574. The van der Waals surface area contributed by atoms with Crippen molar-refractivity contribution in [2.75, 3.05) is 26.4 Å². The topological polar surface area (TPSA) is 67.8 Å². The summed E-state index contributed by atoms with van der Waals surface area (Å²) in [4.78, 5) is 12.0. The number of carbonyl (C=O) groups excluding carboxylic acids is 1. The lowest BCUT2D eigenvalue weighted by Crippen LogP contribution is -2.25. The molecule has 20 heavy (non-hydrogen) atoms. The van der Waals surface area contributed by atoms with Gasteiger partial charge in [0.1, 0.15) is 13.2 Å². The summed E-state index contributed by atoms with van der Waals surface area (Å²) in [6.45, 7) is 3.84. The first-order valence-corrected chi connectivity index (χ1v) is 6.99. The second-order valence-electron chi connectivity index (χ2n) is 5.04. The van der Waals surface area contributed by atoms with Gasteiger partial charge in [-0.15, -0.1) is 0 Å². The number of fused-ring (bicyclic) bond motifs is 1. The zero-order valence-corrected chi connectivity index (χ0v) is 11.7. The van der Waals surface area contributed by atoms with Crippen LogP contribution in [0.1, 0.15) is 30.1 Å². The Bertz CT molecular complexity index is 461. The minimum absolute atomic E-state index is 0.112. The fraction of sp³-hybridized carbons (Fsp3) is 0.533. The fourth-order valence-electron chi connectivity index (χ4n) is 2.03. The van der Waals surface area contributed by atoms with Gasteiger partial charge in [-0.05, 0) is 37.0 Å². The summed E-state index contributed by atoms with van der Waals surface area (Å²) in [6.07, 6.45) is 1.76. The maximum Gasteiger partial charge on any atom is 0.251 e. The Hall–Kier alpha value is -1.75. The van der Waals surface area contributed by atoms with Crippen LogP contribution in [0.5, 0.6) is 11.5 Å². The van der Waals surface area contributed by atoms with Crippen molar-refractivity contribution >= 4 is 5.91 Å². The molecule has 1 unspecified atom stereocenters. The summed E-state index contributed by atoms with van der Waals surface area (Å²) in [7, 11) is 0. The maximum absolute atomic E-state index is 12.0. The molecule has 110 valence electrons. The Kier molecular flexibility index (Phi) is 5.24. The van der Waals surface area contributed by atoms with E-state index in [9.17, 15) is 4.79 Å². The van der Waals surface area contributed by atoms with Crippen LogP contribution in [0.15, 0.2) is 18.2 Å². The highest BCUT2D eigenvalue weighted by atomic mass is 16.6. The van der Waals surface area contributed by atoms with E-state index in [1.54, 1.807) is 18.2 Å². The van der Waals surface area contributed by atoms with E-state index in [0.29, 0.717) is 36.8 Å². The van der Waals surface area contributed by atoms with Crippen LogP contribution in [-0.2, 0) is 0 Å². The first-order valence-electron chi connectivity index (χ1n) is 6.99. The van der Waals surface area contributed by atoms with Crippen molar-refractivity contribution in [1.82, 2.24) is 5.32 Å². The lowest BCUT2D eigenvalue weighted by molar-refractivity contribution is 0.0951. The van der Waals surface area contributed by atoms with Crippen LogP contribution >= 0.6 is 0 Å². The molecule has 1 aromatic rings. The van der Waals surface area contributed by atoms with Crippen LogP contribution in [0.3, 0.4) is 0 Å². The molecule has 0 radical (unpaired) electrons. The first kappa shape index (κ1) is 14.7. The summed E-state index contributed by atoms with van der Waals surface area (Å²) < 4.78 is 10.9. The molecule has 1 aliphatic rings. The number of ether oxygens (including phenoxy) is 2. The number of hydrogen-bond donors (Lipinski definition) is 2. The van der Waals surface area contributed by atoms with E-state index in [-0.39, 0.29) is 18.4 Å². The monoisotopic (exact) mass is 279 g/mol. The predicted molar refractivity (Wildman–Crippen MR) is 75.2 cm³/mol. The average molecular weight is 279 g/mol. The van der Waals surface area contributed by atoms with E-state index in [1.807, 2.05) is 6.92 Å². The van der Waals surface area contributed by atoms with Crippen molar-refractivity contribution in [3.63, 3.8) is 0 Å². The van der Waals surface area contributed by atoms with Gasteiger partial charge in [-0.25, -0.2) is 0 Å². The molecule has 5 nitrogen and oxygen atoms in total. The van der Waals surface area contributed by atoms with Gasteiger partial charge in [0.25, 0.3) is 5.91 Å². The standard InChI is InChI=1S/C15H21NO4/c1-11(10-17)3-2-6-16-15(18)12-4-5-13-14(9-12)20-8-7-19-13/h4-5,9,11,17H,2-3,6-8,10H2,1H3,(H,16,18). The van der Waals surface area contributed by atoms with Gasteiger partial charge in [-0.2, -0.15) is 0 Å². The Balaban J connectivity index is 1.83. The average Bonchev–Trinajstić information content (AvgIpc) is 2.50. The molecule has 1 atom stereocenters. The number of carbonyl (C=O) groups is 1. The van der Waals surface area contributed by atoms with Crippen molar-refractivity contribution in [3.05, 3.63) is 23.8 Å². The number of nitrogens with one attached hydrogen (secondary N) is 1. The molecule has 0 saturated heterocycles. The smallest absolute Gasteiger partial charge is 0.251 e. The molecule has 0 spiro atoms. The molecule has 0 fully saturated rings. The largest absolute Gasteiger partial charge is 0.486 e. The summed E-state index contributed by atoms with van der Waals surface area (Å²) in [5, 5.41) is 11.8. The number of amides is 1. The van der Waals surface area contributed by atoms with Crippen LogP contribution in [0.2, 0.25) is 0 Å². The molecule has 2 N–H and O–H groups in total. The van der Waals surface area contributed by atoms with Crippen molar-refractivity contribution in [2.45, 2.75) is 19.8 Å². The van der Waals surface area contributed by atoms with Gasteiger partial charge in [-0.1, -0.05) is 6.92 Å². The highest BCUT2D eigenvalue weighted by molar-refractivity contribution is 5.94. The molecule has 1 amide bonds. The first-order chi connectivity index (χ1) is 9.70. The molecule has 1 heterocycles. The lowest BCUT2D eigenvalue weighted by atomic mass is 10.1. The van der Waals surface area contributed by atoms with E-state index in [2.05, 4.69) is 5.32 Å². The predicted octanol–water partition coefficient (Wildman–Crippen LogP) is 1.60. The third-order valence-electron chi connectivity index (χ3n) is 3.28. The molecule has 0 saturated carbocycles. The van der Waals surface area contributed by atoms with Crippen molar-refractivity contribution < 1.29 is 19.4 Å². The molecule has 1 aliphatic heterocycles. The molecule has 2 rings (SSSR count). The molecular weight excluding hydrogens is 258 g/mol. The molecule has 0 bridgehead atoms. The highest BCUT2D eigenvalue weighted by Crippen LogP contribution is 2.30. The van der Waals surface area contributed by atoms with E-state index in [0.717, 1.165) is 12.8 Å². The van der Waals surface area contributed by atoms with Crippen LogP contribution in [0.4, 0.5) is 0 Å². The summed E-state index contributed by atoms with van der Waals surface area (Å²) in [6, 6.07) is 5.20. The van der Waals surface area contributed by atoms with Gasteiger partial charge in [0.15, 0.2) is 11.5 Å². The zero-order valence-electron chi connectivity index (χ0n) is 11.7. The maximum atomic E-state index is 12.0. The van der Waals surface area contributed by atoms with Gasteiger partial charge >= 0.3 is 0 Å². The van der Waals surface area contributed by atoms with Gasteiger partial charge in [0.05, 0.1) is 0 Å². The third kappa shape index (κ3) is 3.87. The summed E-state index contributed by atoms with van der Waals surface area (Å²) in [5.74, 6) is 1.47. The number of hydrogen-bond acceptors (Lipinski definition) is 4. The highest BCUT2D eigenvalue weighted by Gasteiger charge is 2.14. The van der Waals surface area contributed by atoms with Crippen LogP contribution in [0.25, 0.3) is 0 Å². The zero-order chi connectivity index (χ0) is 14.4.